The first-order valence-corrected chi connectivity index (χ1v) is 28.0. The van der Waals surface area contributed by atoms with Crippen LogP contribution >= 0.6 is 0 Å². The van der Waals surface area contributed by atoms with Gasteiger partial charge in [0.25, 0.3) is 0 Å². The number of pyridine rings is 1. The van der Waals surface area contributed by atoms with Crippen LogP contribution in [0.1, 0.15) is 124 Å². The van der Waals surface area contributed by atoms with Crippen LogP contribution in [0.15, 0.2) is 35.3 Å². The Morgan fingerprint density at radius 2 is 1.62 bits per heavy atom. The molecule has 2 aromatic rings. The molecule has 0 saturated carbocycles. The van der Waals surface area contributed by atoms with Gasteiger partial charge in [0.2, 0.25) is 5.43 Å². The van der Waals surface area contributed by atoms with Crippen LogP contribution in [0, 0.1) is 17.8 Å². The van der Waals surface area contributed by atoms with Crippen LogP contribution in [-0.4, -0.2) is 210 Å². The molecule has 4 heterocycles. The number of carboxylic acid groups (broad SMARTS) is 1. The molecule has 0 aliphatic carbocycles. The molecule has 3 saturated heterocycles. The Morgan fingerprint density at radius 3 is 2.26 bits per heavy atom. The van der Waals surface area contributed by atoms with Crippen LogP contribution in [-0.2, 0) is 54.0 Å². The number of carbonyl (C=O) groups is 2. The fourth-order valence-corrected chi connectivity index (χ4v) is 11.9. The lowest BCUT2D eigenvalue weighted by molar-refractivity contribution is -0.321. The van der Waals surface area contributed by atoms with E-state index in [1.165, 1.54) is 13.1 Å². The number of carboxylic acids is 1. The van der Waals surface area contributed by atoms with Crippen LogP contribution in [0.5, 0.6) is 0 Å². The maximum absolute atomic E-state index is 14.6. The van der Waals surface area contributed by atoms with Gasteiger partial charge in [-0.05, 0) is 126 Å². The van der Waals surface area contributed by atoms with Crippen molar-refractivity contribution in [2.45, 2.75) is 205 Å². The number of ether oxygens (including phenoxy) is 9. The predicted molar refractivity (Wildman–Crippen MR) is 294 cm³/mol. The van der Waals surface area contributed by atoms with Gasteiger partial charge in [-0.15, -0.1) is 0 Å². The van der Waals surface area contributed by atoms with E-state index in [1.54, 1.807) is 45.4 Å². The van der Waals surface area contributed by atoms with E-state index in [1.807, 2.05) is 96.8 Å². The molecule has 18 atom stereocenters. The van der Waals surface area contributed by atoms with Crippen molar-refractivity contribution in [3.63, 3.8) is 0 Å². The quantitative estimate of drug-likeness (QED) is 0.0856. The van der Waals surface area contributed by atoms with Crippen LogP contribution in [0.4, 0.5) is 0 Å². The van der Waals surface area contributed by atoms with E-state index < -0.39 is 107 Å². The fraction of sp³-hybridized carbons (Fsp3) is 0.776. The molecular weight excluding hydrogens is 1010 g/mol. The summed E-state index contributed by atoms with van der Waals surface area (Å²) in [5, 5.41) is 58.0. The molecule has 20 heteroatoms. The number of fused-ring (bicyclic) bond motifs is 1. The summed E-state index contributed by atoms with van der Waals surface area (Å²) in [4.78, 5) is 43.0. The number of aliphatic hydroxyl groups excluding tert-OH is 2. The van der Waals surface area contributed by atoms with Gasteiger partial charge in [-0.1, -0.05) is 39.0 Å². The normalized spacial score (nSPS) is 37.1. The summed E-state index contributed by atoms with van der Waals surface area (Å²) in [6.07, 6.45) is -2.35. The highest BCUT2D eigenvalue weighted by atomic mass is 16.7. The third-order valence-electron chi connectivity index (χ3n) is 16.5. The molecule has 0 radical (unpaired) electrons. The summed E-state index contributed by atoms with van der Waals surface area (Å²) in [5.74, 6) is -3.96. The zero-order valence-corrected chi connectivity index (χ0v) is 49.1. The molecule has 0 bridgehead atoms. The summed E-state index contributed by atoms with van der Waals surface area (Å²) in [6.45, 7) is 22.5. The van der Waals surface area contributed by atoms with Crippen LogP contribution in [0.2, 0.25) is 0 Å². The number of hydrogen-bond acceptors (Lipinski definition) is 18. The summed E-state index contributed by atoms with van der Waals surface area (Å²) in [6, 6.07) is 4.50. The Morgan fingerprint density at radius 1 is 0.923 bits per heavy atom. The van der Waals surface area contributed by atoms with Crippen LogP contribution in [0.3, 0.4) is 0 Å². The van der Waals surface area contributed by atoms with Gasteiger partial charge in [0, 0.05) is 69.4 Å². The van der Waals surface area contributed by atoms with Gasteiger partial charge in [0.05, 0.1) is 66.9 Å². The number of carbonyl (C=O) groups excluding carboxylic acids is 1. The number of rotatable bonds is 20. The van der Waals surface area contributed by atoms with Crippen molar-refractivity contribution in [3.8, 4) is 0 Å². The minimum Gasteiger partial charge on any atom is -0.477 e. The molecule has 1 aromatic heterocycles. The third-order valence-corrected chi connectivity index (χ3v) is 16.5. The summed E-state index contributed by atoms with van der Waals surface area (Å²) in [5.41, 5.74) is -3.74. The maximum Gasteiger partial charge on any atom is 0.341 e. The molecule has 0 spiro atoms. The molecule has 20 nitrogen and oxygen atoms in total. The Balaban J connectivity index is 1.26. The molecule has 3 fully saturated rings. The second-order valence-electron chi connectivity index (χ2n) is 23.2. The molecule has 0 amide bonds. The molecule has 78 heavy (non-hydrogen) atoms. The topological polar surface area (TPSA) is 247 Å². The van der Waals surface area contributed by atoms with Gasteiger partial charge in [0.15, 0.2) is 12.6 Å². The van der Waals surface area contributed by atoms with Crippen molar-refractivity contribution < 1.29 is 77.8 Å². The smallest absolute Gasteiger partial charge is 0.341 e. The van der Waals surface area contributed by atoms with E-state index in [4.69, 9.17) is 42.6 Å². The number of aliphatic hydroxyl groups is 4. The van der Waals surface area contributed by atoms with E-state index in [0.717, 1.165) is 5.56 Å². The maximum atomic E-state index is 14.6. The van der Waals surface area contributed by atoms with E-state index in [2.05, 4.69) is 0 Å². The number of hydrogen-bond donors (Lipinski definition) is 5. The molecule has 3 aliphatic heterocycles. The largest absolute Gasteiger partial charge is 0.477 e. The molecule has 0 unspecified atom stereocenters. The minimum absolute atomic E-state index is 0.175. The zero-order chi connectivity index (χ0) is 58.0. The second-order valence-corrected chi connectivity index (χ2v) is 23.2. The van der Waals surface area contributed by atoms with E-state index in [9.17, 15) is 39.9 Å². The number of esters is 1. The number of aryl methyl sites for hydroxylation is 1. The van der Waals surface area contributed by atoms with E-state index in [-0.39, 0.29) is 42.9 Å². The first-order valence-electron chi connectivity index (χ1n) is 28.0. The monoisotopic (exact) mass is 1110 g/mol. The average Bonchev–Trinajstić information content (AvgIpc) is 3.47. The Bertz CT molecular complexity index is 2330. The zero-order valence-electron chi connectivity index (χ0n) is 49.1. The first kappa shape index (κ1) is 65.4. The molecule has 444 valence electrons. The minimum atomic E-state index is -1.84. The lowest BCUT2D eigenvalue weighted by Gasteiger charge is -2.49. The molecule has 5 N–H and O–H groups in total. The Labute approximate surface area is 462 Å². The van der Waals surface area contributed by atoms with Crippen molar-refractivity contribution in [2.75, 3.05) is 67.8 Å². The molecule has 3 aliphatic rings. The fourth-order valence-electron chi connectivity index (χ4n) is 11.9. The van der Waals surface area contributed by atoms with Crippen molar-refractivity contribution in [2.24, 2.45) is 17.8 Å². The van der Waals surface area contributed by atoms with Gasteiger partial charge < -0.3 is 82.5 Å². The number of likely N-dealkylation sites (N-methyl/N-ethyl adjacent to an activating group) is 2. The third kappa shape index (κ3) is 16.0. The Kier molecular flexibility index (Phi) is 23.9. The van der Waals surface area contributed by atoms with Gasteiger partial charge >= 0.3 is 11.9 Å². The molecular formula is C58H95N3O17. The van der Waals surface area contributed by atoms with Crippen molar-refractivity contribution >= 4 is 28.9 Å². The highest BCUT2D eigenvalue weighted by Gasteiger charge is 2.53. The lowest BCUT2D eigenvalue weighted by atomic mass is 9.77. The predicted octanol–water partition coefficient (Wildman–Crippen LogP) is 5.09. The van der Waals surface area contributed by atoms with Gasteiger partial charge in [-0.25, -0.2) is 4.79 Å². The second kappa shape index (κ2) is 28.5. The van der Waals surface area contributed by atoms with E-state index in [0.29, 0.717) is 69.9 Å². The Hall–Kier alpha value is -3.45. The number of methoxy groups -OCH3 is 1. The van der Waals surface area contributed by atoms with Crippen LogP contribution < -0.4 is 5.43 Å². The highest BCUT2D eigenvalue weighted by molar-refractivity contribution is 5.93. The van der Waals surface area contributed by atoms with Crippen molar-refractivity contribution in [1.82, 2.24) is 14.4 Å². The van der Waals surface area contributed by atoms with Crippen molar-refractivity contribution in [1.29, 1.82) is 0 Å². The van der Waals surface area contributed by atoms with Gasteiger partial charge in [-0.2, -0.15) is 0 Å². The molecule has 1 aromatic carbocycles. The molecule has 5 rings (SSSR count). The summed E-state index contributed by atoms with van der Waals surface area (Å²) < 4.78 is 58.8. The lowest BCUT2D eigenvalue weighted by Crippen LogP contribution is -2.61. The summed E-state index contributed by atoms with van der Waals surface area (Å²) in [7, 11) is 7.21. The van der Waals surface area contributed by atoms with Crippen LogP contribution in [0.25, 0.3) is 17.0 Å². The number of cyclic esters (lactones) is 1. The summed E-state index contributed by atoms with van der Waals surface area (Å²) >= 11 is 0. The first-order chi connectivity index (χ1) is 36.6. The van der Waals surface area contributed by atoms with E-state index >= 15 is 0 Å². The standard InChI is InChI=1S/C58H95N3O17/c1-16-45-58(11,69)50(64)38(7)60(14)32-34(3)30-56(9,68)51(78-55-48(63)44(59(12)13)28-35(4)74-55)36(5)49(37(6)54(67)76-45)77-46-31-57(10,70-15)52(39(8)75-46)73-25-19-24-72-27-26-71-23-18-20-40-21-22-43-41(29-40)47(62)42(53(65)66)33-61(43)17-2/h18,20-22,29,33-39,44-46,48-52,55,63-64,68-69H,16-17,19,23-28,30-32H2,1-15H3,(H,65,66)/b20-18+/t34-,35-,36+,37-,38-,39+,44+,45-,46+,48-,49+,50-,51-,52+,55+,56-,57-,58-/m1/s1. The highest BCUT2D eigenvalue weighted by Crippen LogP contribution is 2.41. The number of nitrogens with zero attached hydrogens (tertiary/aromatic N) is 3. The van der Waals surface area contributed by atoms with Gasteiger partial charge in [0.1, 0.15) is 35.6 Å². The van der Waals surface area contributed by atoms with Gasteiger partial charge in [-0.3, -0.25) is 9.59 Å². The number of aromatic carboxylic acids is 1. The number of aromatic nitrogens is 1. The van der Waals surface area contributed by atoms with Crippen molar-refractivity contribution in [3.05, 3.63) is 51.8 Å². The SMILES string of the molecule is CC[C@H]1OC(=O)[C@H](C)[C@@H](O[C@H]2C[C@@](C)(OC)[C@@H](OCCCOCCOC/C=C/c3ccc4c(c3)c(=O)c(C(=O)O)cn4CC)[C@H](C)O2)[C@H](C)[C@@H](O[C@@H]2O[C@H](C)C[C@H](N(C)C)[C@H]2O)[C@](C)(O)C[C@@H](C)CN(C)[C@H](C)[C@@H](O)[C@]1(C)O. The number of benzene rings is 1. The average molecular weight is 1110 g/mol.